The number of nitrogens with two attached hydrogens (primary N) is 1. The minimum absolute atomic E-state index is 0.151. The second-order valence-electron chi connectivity index (χ2n) is 13.6. The number of fused-ring (bicyclic) bond motifs is 3. The first-order valence-electron chi connectivity index (χ1n) is 16.8. The van der Waals surface area contributed by atoms with Crippen molar-refractivity contribution in [3.05, 3.63) is 95.6 Å². The van der Waals surface area contributed by atoms with Crippen LogP contribution in [0.15, 0.2) is 78.9 Å². The van der Waals surface area contributed by atoms with Crippen LogP contribution in [0.1, 0.15) is 16.7 Å². The molecule has 298 valence electrons. The second-order valence-corrected chi connectivity index (χ2v) is 13.6. The maximum absolute atomic E-state index is 12.1. The van der Waals surface area contributed by atoms with Crippen LogP contribution in [0.2, 0.25) is 0 Å². The first kappa shape index (κ1) is 43.9. The number of primary amides is 1. The molecule has 0 radical (unpaired) electrons. The van der Waals surface area contributed by atoms with Crippen molar-refractivity contribution < 1.29 is 79.7 Å². The monoisotopic (exact) mass is 785 g/mol. The zero-order valence-corrected chi connectivity index (χ0v) is 29.3. The van der Waals surface area contributed by atoms with Gasteiger partial charge in [-0.1, -0.05) is 78.9 Å². The molecule has 2 atom stereocenters. The van der Waals surface area contributed by atoms with Crippen LogP contribution < -0.4 is 5.73 Å². The fourth-order valence-electron chi connectivity index (χ4n) is 6.70. The zero-order valence-electron chi connectivity index (χ0n) is 29.3. The predicted octanol–water partition coefficient (Wildman–Crippen LogP) is 4.45. The van der Waals surface area contributed by atoms with Crippen LogP contribution in [0.4, 0.5) is 26.3 Å². The molecule has 18 heteroatoms. The molecule has 0 spiro atoms. The van der Waals surface area contributed by atoms with Gasteiger partial charge in [-0.05, 0) is 35.1 Å². The number of amides is 1. The summed E-state index contributed by atoms with van der Waals surface area (Å²) in [5, 5.41) is 34.0. The third-order valence-electron chi connectivity index (χ3n) is 9.76. The molecule has 3 aromatic carbocycles. The Morgan fingerprint density at radius 3 is 1.20 bits per heavy atom. The van der Waals surface area contributed by atoms with E-state index in [1.807, 2.05) is 54.6 Å². The van der Waals surface area contributed by atoms with Crippen LogP contribution >= 0.6 is 0 Å². The fraction of sp³-hybridized carbons (Fsp3) is 0.378. The number of alkyl halides is 6. The van der Waals surface area contributed by atoms with Gasteiger partial charge in [0.1, 0.15) is 45.8 Å². The molecule has 6 rings (SSSR count). The summed E-state index contributed by atoms with van der Waals surface area (Å²) in [4.78, 5) is 53.5. The highest BCUT2D eigenvalue weighted by atomic mass is 19.4. The van der Waals surface area contributed by atoms with Gasteiger partial charge >= 0.3 is 36.2 Å². The number of benzene rings is 3. The van der Waals surface area contributed by atoms with E-state index in [2.05, 4.69) is 24.3 Å². The van der Waals surface area contributed by atoms with Gasteiger partial charge in [-0.15, -0.1) is 0 Å². The quantitative estimate of drug-likeness (QED) is 0.130. The molecule has 3 heterocycles. The standard InChI is InChI=1S/C33H37N3O5.2C2HF3O2/c34-31(37)23-36-17-14-35(15-18-36,16-19-36)22-26-8-12-28(13-9-26)27-10-6-25(7-11-27)21-30(33(40)41)29(32(38)39)20-24-4-2-1-3-5-24;2*3-2(4,5)1(6)7/h1-13,29-30H,14-23H2,(H2-2,34,37,38,39,40,41);2*(H,6,7)/p+2/t29-,30-,35?,36?;;/m0../s1. The van der Waals surface area contributed by atoms with Crippen LogP contribution in [0.5, 0.6) is 0 Å². The first-order valence-corrected chi connectivity index (χ1v) is 16.8. The molecule has 2 bridgehead atoms. The van der Waals surface area contributed by atoms with Gasteiger partial charge in [-0.25, -0.2) is 9.59 Å². The third kappa shape index (κ3) is 13.1. The number of nitrogens with zero attached hydrogens (tertiary/aromatic N) is 2. The van der Waals surface area contributed by atoms with Crippen molar-refractivity contribution >= 4 is 29.8 Å². The van der Waals surface area contributed by atoms with Gasteiger partial charge in [0, 0.05) is 5.56 Å². The Bertz CT molecular complexity index is 1750. The van der Waals surface area contributed by atoms with Gasteiger partial charge in [0.25, 0.3) is 5.91 Å². The molecule has 3 aliphatic heterocycles. The lowest BCUT2D eigenvalue weighted by Gasteiger charge is -2.55. The molecule has 0 unspecified atom stereocenters. The minimum atomic E-state index is -5.08. The SMILES string of the molecule is NC(=O)C[N+]12CC[N+](Cc3ccc(-c4ccc(C[C@H](C(=O)O)[C@H](Cc5ccccc5)C(=O)O)cc4)cc3)(CC1)CC2.O=C(O)C(F)(F)F.O=C(O)C(F)(F)F. The maximum atomic E-state index is 12.1. The number of carbonyl (C=O) groups excluding carboxylic acids is 1. The molecule has 0 aliphatic carbocycles. The highest BCUT2D eigenvalue weighted by Crippen LogP contribution is 2.30. The molecule has 3 aromatic rings. The average molecular weight is 786 g/mol. The number of hydrogen-bond donors (Lipinski definition) is 5. The lowest BCUT2D eigenvalue weighted by molar-refractivity contribution is -1.08. The number of carboxylic acid groups (broad SMARTS) is 4. The van der Waals surface area contributed by atoms with E-state index >= 15 is 0 Å². The van der Waals surface area contributed by atoms with Crippen LogP contribution in [-0.4, -0.2) is 117 Å². The Hall–Kier alpha value is -5.49. The maximum Gasteiger partial charge on any atom is 0.490 e. The molecule has 6 N–H and O–H groups in total. The Balaban J connectivity index is 0.000000494. The van der Waals surface area contributed by atoms with Crippen molar-refractivity contribution in [3.8, 4) is 11.1 Å². The number of halogens is 6. The van der Waals surface area contributed by atoms with Crippen molar-refractivity contribution in [3.63, 3.8) is 0 Å². The Kier molecular flexibility index (Phi) is 14.6. The van der Waals surface area contributed by atoms with E-state index in [-0.39, 0.29) is 18.7 Å². The summed E-state index contributed by atoms with van der Waals surface area (Å²) in [5.74, 6) is -9.97. The third-order valence-corrected chi connectivity index (χ3v) is 9.76. The topological polar surface area (TPSA) is 192 Å². The zero-order chi connectivity index (χ0) is 41.2. The normalized spacial score (nSPS) is 20.0. The molecule has 55 heavy (non-hydrogen) atoms. The lowest BCUT2D eigenvalue weighted by Crippen LogP contribution is -2.75. The van der Waals surface area contributed by atoms with E-state index < -0.39 is 48.1 Å². The Morgan fingerprint density at radius 1 is 0.545 bits per heavy atom. The number of aliphatic carboxylic acids is 4. The summed E-state index contributed by atoms with van der Waals surface area (Å²) in [7, 11) is 0. The minimum Gasteiger partial charge on any atom is -0.481 e. The van der Waals surface area contributed by atoms with Crippen molar-refractivity contribution in [2.24, 2.45) is 17.6 Å². The second kappa shape index (κ2) is 18.2. The molecular formula is C37H41F6N3O9+2. The van der Waals surface area contributed by atoms with E-state index in [4.69, 9.17) is 25.5 Å². The van der Waals surface area contributed by atoms with Crippen LogP contribution in [-0.2, 0) is 43.4 Å². The number of rotatable bonds is 12. The summed E-state index contributed by atoms with van der Waals surface area (Å²) in [6.07, 6.45) is -9.84. The van der Waals surface area contributed by atoms with E-state index in [0.717, 1.165) is 77.0 Å². The van der Waals surface area contributed by atoms with Gasteiger partial charge in [-0.2, -0.15) is 26.3 Å². The first-order chi connectivity index (χ1) is 25.5. The summed E-state index contributed by atoms with van der Waals surface area (Å²) in [5.41, 5.74) is 10.5. The van der Waals surface area contributed by atoms with Crippen molar-refractivity contribution in [1.29, 1.82) is 0 Å². The van der Waals surface area contributed by atoms with E-state index in [1.54, 1.807) is 0 Å². The Morgan fingerprint density at radius 2 is 0.873 bits per heavy atom. The van der Waals surface area contributed by atoms with Crippen molar-refractivity contribution in [1.82, 2.24) is 0 Å². The van der Waals surface area contributed by atoms with E-state index in [9.17, 15) is 50.9 Å². The van der Waals surface area contributed by atoms with Crippen molar-refractivity contribution in [2.45, 2.75) is 31.7 Å². The number of carbonyl (C=O) groups is 5. The molecule has 3 saturated heterocycles. The molecule has 0 aromatic heterocycles. The largest absolute Gasteiger partial charge is 0.490 e. The van der Waals surface area contributed by atoms with Gasteiger partial charge in [0.15, 0.2) is 6.54 Å². The van der Waals surface area contributed by atoms with Gasteiger partial charge in [-0.3, -0.25) is 14.4 Å². The molecule has 12 nitrogen and oxygen atoms in total. The lowest BCUT2D eigenvalue weighted by atomic mass is 9.82. The van der Waals surface area contributed by atoms with Crippen LogP contribution in [0.25, 0.3) is 11.1 Å². The van der Waals surface area contributed by atoms with E-state index in [0.29, 0.717) is 6.54 Å². The molecule has 3 aliphatic rings. The molecule has 1 amide bonds. The van der Waals surface area contributed by atoms with Crippen LogP contribution in [0.3, 0.4) is 0 Å². The highest BCUT2D eigenvalue weighted by Gasteiger charge is 2.49. The summed E-state index contributed by atoms with van der Waals surface area (Å²) in [6.45, 7) is 7.69. The van der Waals surface area contributed by atoms with Crippen molar-refractivity contribution in [2.75, 3.05) is 45.8 Å². The average Bonchev–Trinajstić information content (AvgIpc) is 3.11. The van der Waals surface area contributed by atoms with Crippen LogP contribution in [0, 0.1) is 11.8 Å². The van der Waals surface area contributed by atoms with Gasteiger partial charge in [0.2, 0.25) is 0 Å². The summed E-state index contributed by atoms with van der Waals surface area (Å²) >= 11 is 0. The number of piperazine rings is 3. The molecule has 3 fully saturated rings. The molecule has 0 saturated carbocycles. The van der Waals surface area contributed by atoms with Gasteiger partial charge in [0.05, 0.1) is 11.8 Å². The summed E-state index contributed by atoms with van der Waals surface area (Å²) < 4.78 is 65.4. The van der Waals surface area contributed by atoms with Gasteiger partial charge < -0.3 is 35.1 Å². The Labute approximate surface area is 311 Å². The molecular weight excluding hydrogens is 744 g/mol. The highest BCUT2D eigenvalue weighted by molar-refractivity contribution is 5.80. The number of quaternary nitrogens is 2. The number of hydrogen-bond acceptors (Lipinski definition) is 5. The fourth-order valence-corrected chi connectivity index (χ4v) is 6.70. The number of carboxylic acids is 4. The van der Waals surface area contributed by atoms with E-state index in [1.165, 1.54) is 5.56 Å². The summed E-state index contributed by atoms with van der Waals surface area (Å²) in [6, 6.07) is 25.6. The predicted molar refractivity (Wildman–Crippen MR) is 183 cm³/mol. The smallest absolute Gasteiger partial charge is 0.481 e.